The lowest BCUT2D eigenvalue weighted by atomic mass is 9.50. The predicted octanol–water partition coefficient (Wildman–Crippen LogP) is 31.3. The van der Waals surface area contributed by atoms with Gasteiger partial charge in [0.25, 0.3) is 0 Å². The number of allylic oxidation sites excluding steroid dienone is 7. The van der Waals surface area contributed by atoms with Gasteiger partial charge in [0.1, 0.15) is 51.4 Å². The molecule has 7 aromatic carbocycles. The third-order valence-corrected chi connectivity index (χ3v) is 31.8. The van der Waals surface area contributed by atoms with Gasteiger partial charge in [0.15, 0.2) is 39.1 Å². The summed E-state index contributed by atoms with van der Waals surface area (Å²) in [7, 11) is 0. The Balaban J connectivity index is 0.000000130. The first-order valence-electron chi connectivity index (χ1n) is 52.3. The molecule has 3 atom stereocenters. The molecular weight excluding hydrogens is 1710 g/mol. The van der Waals surface area contributed by atoms with Crippen LogP contribution in [-0.4, -0.2) is 87.8 Å². The second-order valence-electron chi connectivity index (χ2n) is 44.6. The normalized spacial score (nSPS) is 28.7. The summed E-state index contributed by atoms with van der Waals surface area (Å²) in [5, 5.41) is 0. The highest BCUT2D eigenvalue weighted by atomic mass is 16.7. The molecule has 1 aliphatic heterocycles. The van der Waals surface area contributed by atoms with Crippen LogP contribution in [0.3, 0.4) is 0 Å². The Labute approximate surface area is 828 Å². The van der Waals surface area contributed by atoms with Crippen LogP contribution in [-0.2, 0) is 33.2 Å². The first-order valence-corrected chi connectivity index (χ1v) is 52.3. The van der Waals surface area contributed by atoms with E-state index in [4.69, 9.17) is 61.6 Å². The SMILES string of the molecule is C=C(C)c1ccc(OC(C)(C)C)cc1.C=C(C)c1ccc(OC(C)OC23CC4CC(CC(C4)C2)C3)cc1.C=C(C)c1ccc(OC(C)OCC)cc1.C=C(C)c1ccc(OC2CCCCO2)cc1.C=C(C)c1ccc(OCC(=O)OC2(C)C3CC4CC(C3)CC2C4)cc1.C=C(C)c1ccc(OCOC2C3CC4CC(C3)CC2C4)cc1.C=C(C)c1ccc(OCOCC2C3CC4CC(C3)CC2C4)cc1. The highest BCUT2D eigenvalue weighted by Crippen LogP contribution is 2.62. The van der Waals surface area contributed by atoms with Crippen LogP contribution < -0.4 is 33.2 Å². The number of ether oxygens (including phenoxy) is 13. The lowest BCUT2D eigenvalue weighted by molar-refractivity contribution is -0.225. The summed E-state index contributed by atoms with van der Waals surface area (Å²) in [6.45, 7) is 58.8. The zero-order valence-electron chi connectivity index (χ0n) is 86.1. The van der Waals surface area contributed by atoms with Crippen molar-refractivity contribution in [3.05, 3.63) is 255 Å². The lowest BCUT2D eigenvalue weighted by Gasteiger charge is -2.59. The maximum absolute atomic E-state index is 12.4. The van der Waals surface area contributed by atoms with Gasteiger partial charge in [-0.15, -0.1) is 0 Å². The van der Waals surface area contributed by atoms with Crippen molar-refractivity contribution in [3.63, 3.8) is 0 Å². The van der Waals surface area contributed by atoms with Crippen LogP contribution in [0.25, 0.3) is 39.0 Å². The van der Waals surface area contributed by atoms with Crippen LogP contribution in [0.1, 0.15) is 290 Å². The van der Waals surface area contributed by atoms with E-state index in [1.54, 1.807) is 0 Å². The highest BCUT2D eigenvalue weighted by molar-refractivity contribution is 5.72. The molecule has 0 radical (unpaired) electrons. The van der Waals surface area contributed by atoms with Crippen molar-refractivity contribution in [1.82, 2.24) is 0 Å². The van der Waals surface area contributed by atoms with Gasteiger partial charge in [-0.1, -0.05) is 170 Å². The van der Waals surface area contributed by atoms with E-state index in [0.29, 0.717) is 43.9 Å². The van der Waals surface area contributed by atoms with Crippen molar-refractivity contribution in [2.24, 2.45) is 94.7 Å². The summed E-state index contributed by atoms with van der Waals surface area (Å²) >= 11 is 0. The zero-order chi connectivity index (χ0) is 98.0. The van der Waals surface area contributed by atoms with Gasteiger partial charge in [0, 0.05) is 13.0 Å². The minimum atomic E-state index is -0.280. The standard InChI is InChI=1S/C22H28O3.2C21H28O2.C20H26O2.C14H18O2.C13H18O2.C13H18O/c1-14(2)17-4-6-20(7-5-17)24-13-21(23)25-22(3)18-9-15-8-16(11-18)12-19(22)10-15;1-14(2)19-4-6-20(7-5-19)22-15(3)23-21-11-16-8-17(12-21)10-18(9-16)13-21;1-14(2)17-3-5-20(6-4-17)23-13-22-12-21-18-8-15-7-16(10-18)11-19(21)9-15;1-13(2)16-3-5-19(6-4-16)21-12-22-20-17-8-14-7-15(10-17)11-18(20)9-14;1-11(2)12-6-8-13(9-7-12)16-14-5-3-4-10-15-14;1-5-14-11(4)15-13-8-6-12(7-9-13)10(2)3;1-10(2)11-6-8-12(9-7-11)14-13(3,4)5/h4-7,15-16,18-19H,1,8-13H2,2-3H3;4-7,15-18H,1,8-13H2,2-3H3;3-6,15-16,18-19,21H,1,7-13H2,2H3;3-6,14-15,17-18,20H,1,7-12H2,2H3;6-9,14H,1,3-5,10H2,2H3;6-9,11H,2,5H2,1,3-4H3;6-9H,1H2,2-5H3. The lowest BCUT2D eigenvalue weighted by Crippen LogP contribution is -2.58. The molecule has 138 heavy (non-hydrogen) atoms. The van der Waals surface area contributed by atoms with Crippen molar-refractivity contribution in [1.29, 1.82) is 0 Å². The van der Waals surface area contributed by atoms with Gasteiger partial charge < -0.3 is 61.6 Å². The van der Waals surface area contributed by atoms with Gasteiger partial charge in [-0.05, 0) is 463 Å². The molecule has 1 saturated heterocycles. The Hall–Kier alpha value is -9.41. The molecule has 1 heterocycles. The number of rotatable bonds is 31. The Morgan fingerprint density at radius 2 is 0.732 bits per heavy atom. The molecule has 17 fully saturated rings. The second-order valence-corrected chi connectivity index (χ2v) is 44.6. The van der Waals surface area contributed by atoms with E-state index in [9.17, 15) is 4.79 Å². The summed E-state index contributed by atoms with van der Waals surface area (Å²) in [5.74, 6) is 19.6. The van der Waals surface area contributed by atoms with E-state index in [2.05, 4.69) is 89.4 Å². The molecule has 16 aliphatic carbocycles. The van der Waals surface area contributed by atoms with E-state index in [-0.39, 0.29) is 48.2 Å². The fraction of sp³-hybridized carbons (Fsp3) is 0.540. The molecule has 7 aromatic rings. The smallest absolute Gasteiger partial charge is 0.344 e. The highest BCUT2D eigenvalue weighted by Gasteiger charge is 2.58. The first-order chi connectivity index (χ1) is 66.1. The first kappa shape index (κ1) is 104. The fourth-order valence-corrected chi connectivity index (χ4v) is 25.9. The maximum atomic E-state index is 12.4. The Kier molecular flexibility index (Phi) is 36.6. The molecule has 0 spiro atoms. The van der Waals surface area contributed by atoms with Gasteiger partial charge in [-0.3, -0.25) is 0 Å². The molecule has 24 rings (SSSR count). The minimum absolute atomic E-state index is 0.0195. The van der Waals surface area contributed by atoms with E-state index in [0.717, 1.165) is 221 Å². The van der Waals surface area contributed by atoms with E-state index in [1.807, 2.05) is 223 Å². The summed E-state index contributed by atoms with van der Waals surface area (Å²) in [4.78, 5) is 12.4. The van der Waals surface area contributed by atoms with Gasteiger partial charge in [-0.25, -0.2) is 4.79 Å². The van der Waals surface area contributed by atoms with Crippen molar-refractivity contribution in [2.45, 2.75) is 293 Å². The van der Waals surface area contributed by atoms with E-state index < -0.39 is 0 Å². The van der Waals surface area contributed by atoms with Crippen molar-refractivity contribution in [2.75, 3.05) is 40.0 Å². The predicted molar refractivity (Wildman–Crippen MR) is 563 cm³/mol. The van der Waals surface area contributed by atoms with E-state index in [1.165, 1.54) is 141 Å². The van der Waals surface area contributed by atoms with Crippen molar-refractivity contribution >= 4 is 45.0 Å². The maximum Gasteiger partial charge on any atom is 0.344 e. The van der Waals surface area contributed by atoms with Crippen LogP contribution in [0.4, 0.5) is 0 Å². The Bertz CT molecular complexity index is 5000. The summed E-state index contributed by atoms with van der Waals surface area (Å²) in [6, 6.07) is 55.9. The molecule has 17 aliphatic rings. The summed E-state index contributed by atoms with van der Waals surface area (Å²) in [5.41, 5.74) is 15.1. The van der Waals surface area contributed by atoms with E-state index >= 15 is 0 Å². The number of carbonyl (C=O) groups excluding carboxylic acids is 1. The largest absolute Gasteiger partial charge is 0.488 e. The van der Waals surface area contributed by atoms with Gasteiger partial charge in [0.05, 0.1) is 24.9 Å². The average Bonchev–Trinajstić information content (AvgIpc) is 0.738. The van der Waals surface area contributed by atoms with Gasteiger partial charge in [0.2, 0.25) is 0 Å². The Morgan fingerprint density at radius 1 is 0.399 bits per heavy atom. The molecular formula is C124H164O14. The fourth-order valence-electron chi connectivity index (χ4n) is 25.9. The molecule has 14 nitrogen and oxygen atoms in total. The van der Waals surface area contributed by atoms with Crippen LogP contribution >= 0.6 is 0 Å². The quantitative estimate of drug-likeness (QED) is 0.0231. The second kappa shape index (κ2) is 48.4. The third-order valence-electron chi connectivity index (χ3n) is 31.8. The topological polar surface area (TPSA) is 137 Å². The average molecular weight is 1880 g/mol. The molecule has 0 amide bonds. The molecule has 0 N–H and O–H groups in total. The van der Waals surface area contributed by atoms with Crippen LogP contribution in [0.5, 0.6) is 40.2 Å². The zero-order valence-corrected chi connectivity index (χ0v) is 86.1. The monoisotopic (exact) mass is 1880 g/mol. The number of carbonyl (C=O) groups is 1. The number of esters is 1. The molecule has 0 aromatic heterocycles. The number of hydrogen-bond donors (Lipinski definition) is 0. The number of benzene rings is 7. The molecule has 3 unspecified atom stereocenters. The number of hydrogen-bond acceptors (Lipinski definition) is 14. The summed E-state index contributed by atoms with van der Waals surface area (Å²) < 4.78 is 75.6. The van der Waals surface area contributed by atoms with Crippen LogP contribution in [0.2, 0.25) is 0 Å². The summed E-state index contributed by atoms with van der Waals surface area (Å²) in [6.07, 6.45) is 32.2. The van der Waals surface area contributed by atoms with Crippen LogP contribution in [0.15, 0.2) is 216 Å². The van der Waals surface area contributed by atoms with Crippen molar-refractivity contribution in [3.8, 4) is 40.2 Å². The Morgan fingerprint density at radius 3 is 1.09 bits per heavy atom. The minimum Gasteiger partial charge on any atom is -0.488 e. The molecule has 14 heteroatoms. The van der Waals surface area contributed by atoms with Gasteiger partial charge >= 0.3 is 5.97 Å². The molecule has 16 bridgehead atoms. The van der Waals surface area contributed by atoms with Gasteiger partial charge in [-0.2, -0.15) is 0 Å². The van der Waals surface area contributed by atoms with Crippen molar-refractivity contribution < 1.29 is 66.4 Å². The molecule has 744 valence electrons. The third kappa shape index (κ3) is 29.6. The van der Waals surface area contributed by atoms with Crippen LogP contribution in [0, 0.1) is 94.7 Å². The molecule has 16 saturated carbocycles.